The molecule has 21 heavy (non-hydrogen) atoms. The molecule has 1 aromatic heterocycles. The Bertz CT molecular complexity index is 789. The first kappa shape index (κ1) is 15.9. The predicted molar refractivity (Wildman–Crippen MR) is 82.0 cm³/mol. The Balaban J connectivity index is 2.24. The van der Waals surface area contributed by atoms with Crippen molar-refractivity contribution in [1.29, 1.82) is 0 Å². The number of thiophene rings is 1. The quantitative estimate of drug-likeness (QED) is 0.572. The van der Waals surface area contributed by atoms with Crippen molar-refractivity contribution in [3.63, 3.8) is 0 Å². The normalized spacial score (nSPS) is 11.9. The van der Waals surface area contributed by atoms with Crippen LogP contribution < -0.4 is 4.83 Å². The van der Waals surface area contributed by atoms with Crippen LogP contribution in [-0.4, -0.2) is 24.8 Å². The molecule has 0 atom stereocenters. The van der Waals surface area contributed by atoms with Gasteiger partial charge in [-0.15, -0.1) is 11.3 Å². The molecule has 0 unspecified atom stereocenters. The molecule has 112 valence electrons. The number of halogens is 2. The van der Waals surface area contributed by atoms with Crippen LogP contribution in [-0.2, 0) is 10.0 Å². The van der Waals surface area contributed by atoms with Crippen LogP contribution in [0, 0.1) is 0 Å². The third kappa shape index (κ3) is 3.41. The van der Waals surface area contributed by atoms with E-state index in [2.05, 4.69) is 5.10 Å². The van der Waals surface area contributed by atoms with Crippen LogP contribution in [0.4, 0.5) is 0 Å². The maximum atomic E-state index is 11.8. The van der Waals surface area contributed by atoms with E-state index in [0.717, 1.165) is 17.6 Å². The fourth-order valence-electron chi connectivity index (χ4n) is 1.34. The first-order valence-electron chi connectivity index (χ1n) is 5.31. The van der Waals surface area contributed by atoms with Gasteiger partial charge in [-0.2, -0.15) is 18.4 Å². The summed E-state index contributed by atoms with van der Waals surface area (Å²) in [5.41, 5.74) is 0.0525. The molecule has 1 aromatic carbocycles. The molecule has 0 aliphatic heterocycles. The average molecular weight is 367 g/mol. The highest BCUT2D eigenvalue weighted by atomic mass is 35.5. The van der Waals surface area contributed by atoms with Gasteiger partial charge in [0.05, 0.1) is 11.2 Å². The lowest BCUT2D eigenvalue weighted by molar-refractivity contribution is 0.450. The Hall–Kier alpha value is -1.48. The van der Waals surface area contributed by atoms with Crippen molar-refractivity contribution in [3.8, 4) is 11.5 Å². The lowest BCUT2D eigenvalue weighted by Gasteiger charge is -2.05. The van der Waals surface area contributed by atoms with Crippen LogP contribution in [0.5, 0.6) is 11.5 Å². The average Bonchev–Trinajstić information content (AvgIpc) is 2.97. The summed E-state index contributed by atoms with van der Waals surface area (Å²) in [5.74, 6) is -0.926. The van der Waals surface area contributed by atoms with Gasteiger partial charge in [0.2, 0.25) is 0 Å². The summed E-state index contributed by atoms with van der Waals surface area (Å²) in [7, 11) is -3.75. The Kier molecular flexibility index (Phi) is 4.62. The van der Waals surface area contributed by atoms with Gasteiger partial charge in [0.1, 0.15) is 15.0 Å². The molecule has 0 radical (unpaired) electrons. The smallest absolute Gasteiger partial charge is 0.286 e. The molecule has 3 N–H and O–H groups in total. The molecule has 0 saturated carbocycles. The summed E-state index contributed by atoms with van der Waals surface area (Å²) in [6.07, 6.45) is 1.03. The summed E-state index contributed by atoms with van der Waals surface area (Å²) in [5, 5.41) is 23.8. The van der Waals surface area contributed by atoms with Gasteiger partial charge >= 0.3 is 0 Å². The number of benzene rings is 1. The SMILES string of the molecule is O=S(=O)(N/N=C/c1cc(Cl)c(O)c(Cl)c1O)c1cccs1. The van der Waals surface area contributed by atoms with E-state index >= 15 is 0 Å². The minimum absolute atomic E-state index is 0.0525. The topological polar surface area (TPSA) is 99.0 Å². The molecular formula is C11H8Cl2N2O4S2. The van der Waals surface area contributed by atoms with Gasteiger partial charge in [0.15, 0.2) is 5.75 Å². The van der Waals surface area contributed by atoms with Crippen LogP contribution in [0.3, 0.4) is 0 Å². The second kappa shape index (κ2) is 6.10. The zero-order chi connectivity index (χ0) is 15.6. The van der Waals surface area contributed by atoms with Crippen molar-refractivity contribution in [2.24, 2.45) is 5.10 Å². The van der Waals surface area contributed by atoms with E-state index in [9.17, 15) is 18.6 Å². The molecule has 0 aliphatic rings. The molecule has 2 aromatic rings. The van der Waals surface area contributed by atoms with E-state index in [4.69, 9.17) is 23.2 Å². The fourth-order valence-corrected chi connectivity index (χ4v) is 3.59. The van der Waals surface area contributed by atoms with Gasteiger partial charge in [-0.25, -0.2) is 0 Å². The zero-order valence-corrected chi connectivity index (χ0v) is 13.3. The number of hydrogen-bond acceptors (Lipinski definition) is 6. The standard InChI is InChI=1S/C11H8Cl2N2O4S2/c12-7-4-6(10(16)9(13)11(7)17)5-14-15-21(18,19)8-2-1-3-20-8/h1-5,15-17H/b14-5+. The number of rotatable bonds is 4. The van der Waals surface area contributed by atoms with E-state index < -0.39 is 21.5 Å². The van der Waals surface area contributed by atoms with Crippen LogP contribution >= 0.6 is 34.5 Å². The van der Waals surface area contributed by atoms with E-state index in [1.165, 1.54) is 12.1 Å². The van der Waals surface area contributed by atoms with Crippen LogP contribution in [0.15, 0.2) is 32.9 Å². The van der Waals surface area contributed by atoms with Crippen molar-refractivity contribution in [2.75, 3.05) is 0 Å². The molecular weight excluding hydrogens is 359 g/mol. The highest BCUT2D eigenvalue weighted by Crippen LogP contribution is 2.40. The van der Waals surface area contributed by atoms with Crippen molar-refractivity contribution in [3.05, 3.63) is 39.2 Å². The molecule has 0 spiro atoms. The van der Waals surface area contributed by atoms with E-state index in [0.29, 0.717) is 0 Å². The molecule has 1 heterocycles. The first-order chi connectivity index (χ1) is 9.83. The molecule has 0 aliphatic carbocycles. The first-order valence-corrected chi connectivity index (χ1v) is 8.43. The van der Waals surface area contributed by atoms with Gasteiger partial charge in [-0.1, -0.05) is 29.3 Å². The molecule has 0 amide bonds. The number of phenols is 2. The highest BCUT2D eigenvalue weighted by molar-refractivity contribution is 7.91. The van der Waals surface area contributed by atoms with Crippen molar-refractivity contribution in [1.82, 2.24) is 4.83 Å². The third-order valence-corrected chi connectivity index (χ3v) is 5.60. The Morgan fingerprint density at radius 3 is 2.62 bits per heavy atom. The van der Waals surface area contributed by atoms with Crippen molar-refractivity contribution < 1.29 is 18.6 Å². The van der Waals surface area contributed by atoms with Crippen molar-refractivity contribution in [2.45, 2.75) is 4.21 Å². The maximum absolute atomic E-state index is 11.8. The van der Waals surface area contributed by atoms with Gasteiger partial charge in [0.25, 0.3) is 10.0 Å². The lowest BCUT2D eigenvalue weighted by atomic mass is 10.2. The molecule has 10 heteroatoms. The molecule has 0 fully saturated rings. The highest BCUT2D eigenvalue weighted by Gasteiger charge is 2.15. The van der Waals surface area contributed by atoms with Crippen molar-refractivity contribution >= 4 is 50.8 Å². The Labute approximate surface area is 134 Å². The fraction of sp³-hybridized carbons (Fsp3) is 0. The Morgan fingerprint density at radius 2 is 2.00 bits per heavy atom. The summed E-state index contributed by atoms with van der Waals surface area (Å²) in [4.78, 5) is 1.98. The number of hydrogen-bond donors (Lipinski definition) is 3. The lowest BCUT2D eigenvalue weighted by Crippen LogP contribution is -2.17. The number of nitrogens with zero attached hydrogens (tertiary/aromatic N) is 1. The summed E-state index contributed by atoms with van der Waals surface area (Å²) < 4.78 is 23.7. The summed E-state index contributed by atoms with van der Waals surface area (Å²) >= 11 is 12.4. The van der Waals surface area contributed by atoms with E-state index in [-0.39, 0.29) is 19.8 Å². The molecule has 6 nitrogen and oxygen atoms in total. The number of nitrogens with one attached hydrogen (secondary N) is 1. The number of sulfonamides is 1. The maximum Gasteiger partial charge on any atom is 0.286 e. The zero-order valence-electron chi connectivity index (χ0n) is 10.1. The van der Waals surface area contributed by atoms with Gasteiger partial charge in [-0.05, 0) is 17.5 Å². The van der Waals surface area contributed by atoms with Gasteiger partial charge in [-0.3, -0.25) is 0 Å². The number of phenolic OH excluding ortho intramolecular Hbond substituents is 2. The Morgan fingerprint density at radius 1 is 1.29 bits per heavy atom. The second-order valence-corrected chi connectivity index (χ2v) is 7.36. The number of hydrazone groups is 1. The summed E-state index contributed by atoms with van der Waals surface area (Å²) in [6, 6.07) is 4.21. The number of aromatic hydroxyl groups is 2. The summed E-state index contributed by atoms with van der Waals surface area (Å²) in [6.45, 7) is 0. The predicted octanol–water partition coefficient (Wildman–Crippen LogP) is 2.78. The van der Waals surface area contributed by atoms with E-state index in [1.807, 2.05) is 4.83 Å². The van der Waals surface area contributed by atoms with Crippen LogP contribution in [0.2, 0.25) is 10.0 Å². The van der Waals surface area contributed by atoms with Crippen LogP contribution in [0.1, 0.15) is 5.56 Å². The molecule has 0 saturated heterocycles. The largest absolute Gasteiger partial charge is 0.506 e. The minimum Gasteiger partial charge on any atom is -0.506 e. The third-order valence-electron chi connectivity index (χ3n) is 2.33. The minimum atomic E-state index is -3.75. The second-order valence-electron chi connectivity index (χ2n) is 3.74. The molecule has 0 bridgehead atoms. The molecule has 2 rings (SSSR count). The van der Waals surface area contributed by atoms with Gasteiger partial charge in [0, 0.05) is 5.56 Å². The monoisotopic (exact) mass is 366 g/mol. The van der Waals surface area contributed by atoms with E-state index in [1.54, 1.807) is 11.4 Å². The van der Waals surface area contributed by atoms with Gasteiger partial charge < -0.3 is 10.2 Å². The van der Waals surface area contributed by atoms with Crippen LogP contribution in [0.25, 0.3) is 0 Å².